The molecule has 0 bridgehead atoms. The fraction of sp³-hybridized carbons (Fsp3) is 0.0909. The molecule has 0 aliphatic heterocycles. The standard InChI is InChI=1S/C11H9BrCl2N2/c12-8-3-9(13)11(10(14)4-8)16-6-7-1-2-15-5-7/h1-5,15-16H,6H2. The summed E-state index contributed by atoms with van der Waals surface area (Å²) in [6.45, 7) is 0.685. The van der Waals surface area contributed by atoms with Crippen molar-refractivity contribution < 1.29 is 0 Å². The number of H-pyrrole nitrogens is 1. The fourth-order valence-electron chi connectivity index (χ4n) is 1.37. The summed E-state index contributed by atoms with van der Waals surface area (Å²) < 4.78 is 0.870. The number of benzene rings is 1. The Labute approximate surface area is 112 Å². The number of rotatable bonds is 3. The smallest absolute Gasteiger partial charge is 0.0722 e. The van der Waals surface area contributed by atoms with Gasteiger partial charge in [0.05, 0.1) is 15.7 Å². The molecule has 2 aromatic rings. The van der Waals surface area contributed by atoms with Crippen LogP contribution in [0.15, 0.2) is 35.1 Å². The Morgan fingerprint density at radius 1 is 1.25 bits per heavy atom. The summed E-state index contributed by atoms with van der Waals surface area (Å²) >= 11 is 15.5. The lowest BCUT2D eigenvalue weighted by Gasteiger charge is -2.10. The van der Waals surface area contributed by atoms with Crippen LogP contribution in [0.5, 0.6) is 0 Å². The summed E-state index contributed by atoms with van der Waals surface area (Å²) in [6.07, 6.45) is 3.80. The van der Waals surface area contributed by atoms with Crippen molar-refractivity contribution in [3.63, 3.8) is 0 Å². The number of anilines is 1. The van der Waals surface area contributed by atoms with Gasteiger partial charge in [0.25, 0.3) is 0 Å². The first kappa shape index (κ1) is 11.8. The molecule has 0 unspecified atom stereocenters. The molecule has 1 heterocycles. The maximum Gasteiger partial charge on any atom is 0.0722 e. The summed E-state index contributed by atoms with van der Waals surface area (Å²) in [7, 11) is 0. The average molecular weight is 320 g/mol. The Bertz CT molecular complexity index is 460. The summed E-state index contributed by atoms with van der Waals surface area (Å²) in [5, 5.41) is 4.42. The Morgan fingerprint density at radius 3 is 2.50 bits per heavy atom. The molecule has 16 heavy (non-hydrogen) atoms. The zero-order valence-electron chi connectivity index (χ0n) is 8.23. The molecule has 1 aromatic heterocycles. The van der Waals surface area contributed by atoms with Crippen LogP contribution in [0.3, 0.4) is 0 Å². The Morgan fingerprint density at radius 2 is 1.94 bits per heavy atom. The normalized spacial score (nSPS) is 10.4. The number of hydrogen-bond donors (Lipinski definition) is 2. The highest BCUT2D eigenvalue weighted by atomic mass is 79.9. The molecular formula is C11H9BrCl2N2. The van der Waals surface area contributed by atoms with E-state index in [0.29, 0.717) is 16.6 Å². The van der Waals surface area contributed by atoms with Crippen molar-refractivity contribution in [1.29, 1.82) is 0 Å². The van der Waals surface area contributed by atoms with E-state index in [2.05, 4.69) is 26.2 Å². The maximum atomic E-state index is 6.09. The van der Waals surface area contributed by atoms with E-state index in [0.717, 1.165) is 15.7 Å². The van der Waals surface area contributed by atoms with Gasteiger partial charge in [0, 0.05) is 23.4 Å². The molecule has 5 heteroatoms. The van der Waals surface area contributed by atoms with Gasteiger partial charge >= 0.3 is 0 Å². The van der Waals surface area contributed by atoms with Crippen LogP contribution in [0.2, 0.25) is 10.0 Å². The highest BCUT2D eigenvalue weighted by Crippen LogP contribution is 2.33. The zero-order chi connectivity index (χ0) is 11.5. The van der Waals surface area contributed by atoms with Crippen LogP contribution in [-0.2, 0) is 6.54 Å². The van der Waals surface area contributed by atoms with Crippen molar-refractivity contribution in [3.05, 3.63) is 50.7 Å². The Balaban J connectivity index is 2.15. The lowest BCUT2D eigenvalue weighted by Crippen LogP contribution is -1.99. The Hall–Kier alpha value is -0.640. The van der Waals surface area contributed by atoms with Crippen LogP contribution in [0.4, 0.5) is 5.69 Å². The second-order valence-corrected chi connectivity index (χ2v) is 5.05. The van der Waals surface area contributed by atoms with Gasteiger partial charge in [-0.3, -0.25) is 0 Å². The predicted octanol–water partition coefficient (Wildman–Crippen LogP) is 4.70. The van der Waals surface area contributed by atoms with Crippen molar-refractivity contribution in [3.8, 4) is 0 Å². The van der Waals surface area contributed by atoms with Gasteiger partial charge in [0.15, 0.2) is 0 Å². The maximum absolute atomic E-state index is 6.09. The first-order valence-corrected chi connectivity index (χ1v) is 6.22. The first-order valence-electron chi connectivity index (χ1n) is 4.67. The molecule has 2 nitrogen and oxygen atoms in total. The van der Waals surface area contributed by atoms with E-state index in [1.165, 1.54) is 0 Å². The van der Waals surface area contributed by atoms with Crippen molar-refractivity contribution in [2.45, 2.75) is 6.54 Å². The van der Waals surface area contributed by atoms with Crippen molar-refractivity contribution in [1.82, 2.24) is 4.98 Å². The van der Waals surface area contributed by atoms with Gasteiger partial charge in [0.1, 0.15) is 0 Å². The third-order valence-corrected chi connectivity index (χ3v) is 3.19. The fourth-order valence-corrected chi connectivity index (χ4v) is 2.71. The lowest BCUT2D eigenvalue weighted by atomic mass is 10.3. The summed E-state index contributed by atoms with van der Waals surface area (Å²) in [4.78, 5) is 2.99. The minimum absolute atomic E-state index is 0.606. The van der Waals surface area contributed by atoms with Gasteiger partial charge in [-0.15, -0.1) is 0 Å². The Kier molecular flexibility index (Phi) is 3.79. The van der Waals surface area contributed by atoms with Gasteiger partial charge in [0.2, 0.25) is 0 Å². The van der Waals surface area contributed by atoms with Gasteiger partial charge in [-0.2, -0.15) is 0 Å². The van der Waals surface area contributed by atoms with Gasteiger partial charge in [-0.1, -0.05) is 39.1 Å². The molecule has 0 aliphatic carbocycles. The first-order chi connectivity index (χ1) is 7.66. The zero-order valence-corrected chi connectivity index (χ0v) is 11.3. The third-order valence-electron chi connectivity index (χ3n) is 2.14. The molecule has 0 spiro atoms. The minimum atomic E-state index is 0.606. The number of nitrogens with one attached hydrogen (secondary N) is 2. The molecule has 0 saturated heterocycles. The molecule has 2 rings (SSSR count). The van der Waals surface area contributed by atoms with E-state index in [4.69, 9.17) is 23.2 Å². The van der Waals surface area contributed by atoms with Crippen LogP contribution >= 0.6 is 39.1 Å². The number of hydrogen-bond acceptors (Lipinski definition) is 1. The van der Waals surface area contributed by atoms with Crippen molar-refractivity contribution in [2.75, 3.05) is 5.32 Å². The highest BCUT2D eigenvalue weighted by molar-refractivity contribution is 9.10. The highest BCUT2D eigenvalue weighted by Gasteiger charge is 2.07. The molecule has 2 N–H and O–H groups in total. The molecular weight excluding hydrogens is 311 g/mol. The van der Waals surface area contributed by atoms with E-state index in [9.17, 15) is 0 Å². The predicted molar refractivity (Wildman–Crippen MR) is 72.3 cm³/mol. The van der Waals surface area contributed by atoms with Gasteiger partial charge in [-0.05, 0) is 23.8 Å². The van der Waals surface area contributed by atoms with E-state index >= 15 is 0 Å². The van der Waals surface area contributed by atoms with E-state index in [1.54, 1.807) is 0 Å². The topological polar surface area (TPSA) is 27.8 Å². The number of halogens is 3. The van der Waals surface area contributed by atoms with Crippen LogP contribution in [0.1, 0.15) is 5.56 Å². The summed E-state index contributed by atoms with van der Waals surface area (Å²) in [6, 6.07) is 5.62. The average Bonchev–Trinajstić information content (AvgIpc) is 2.68. The largest absolute Gasteiger partial charge is 0.378 e. The van der Waals surface area contributed by atoms with E-state index in [-0.39, 0.29) is 0 Å². The van der Waals surface area contributed by atoms with E-state index < -0.39 is 0 Å². The van der Waals surface area contributed by atoms with E-state index in [1.807, 2.05) is 30.6 Å². The van der Waals surface area contributed by atoms with Crippen molar-refractivity contribution >= 4 is 44.8 Å². The van der Waals surface area contributed by atoms with Crippen LogP contribution in [0, 0.1) is 0 Å². The molecule has 0 amide bonds. The molecule has 1 aromatic carbocycles. The number of aromatic amines is 1. The second kappa shape index (κ2) is 5.13. The lowest BCUT2D eigenvalue weighted by molar-refractivity contribution is 1.15. The van der Waals surface area contributed by atoms with Crippen LogP contribution in [-0.4, -0.2) is 4.98 Å². The van der Waals surface area contributed by atoms with Crippen molar-refractivity contribution in [2.24, 2.45) is 0 Å². The monoisotopic (exact) mass is 318 g/mol. The quantitative estimate of drug-likeness (QED) is 0.843. The minimum Gasteiger partial charge on any atom is -0.378 e. The molecule has 0 atom stereocenters. The molecule has 0 fully saturated rings. The van der Waals surface area contributed by atoms with Gasteiger partial charge < -0.3 is 10.3 Å². The van der Waals surface area contributed by atoms with Crippen LogP contribution < -0.4 is 5.32 Å². The summed E-state index contributed by atoms with van der Waals surface area (Å²) in [5.74, 6) is 0. The SMILES string of the molecule is Clc1cc(Br)cc(Cl)c1NCc1cc[nH]c1. The second-order valence-electron chi connectivity index (χ2n) is 3.32. The van der Waals surface area contributed by atoms with Crippen LogP contribution in [0.25, 0.3) is 0 Å². The molecule has 84 valence electrons. The van der Waals surface area contributed by atoms with Gasteiger partial charge in [-0.25, -0.2) is 0 Å². The molecule has 0 radical (unpaired) electrons. The molecule has 0 saturated carbocycles. The third kappa shape index (κ3) is 2.73. The number of aromatic nitrogens is 1. The summed E-state index contributed by atoms with van der Waals surface area (Å²) in [5.41, 5.74) is 1.91. The molecule has 0 aliphatic rings.